The molecule has 1 aromatic carbocycles. The van der Waals surface area contributed by atoms with Crippen molar-refractivity contribution >= 4 is 12.0 Å². The number of benzene rings is 1. The number of aliphatic hydroxyl groups is 10. The van der Waals surface area contributed by atoms with Crippen molar-refractivity contribution in [2.75, 3.05) is 26.9 Å². The van der Waals surface area contributed by atoms with E-state index in [1.807, 2.05) is 0 Å². The monoisotopic (exact) mass is 830 g/mol. The molecule has 58 heavy (non-hydrogen) atoms. The Kier molecular flexibility index (Phi) is 13.1. The topological polar surface area (TPSA) is 315 Å². The molecular weight excluding hydrogens is 780 g/mol. The molecule has 5 fully saturated rings. The van der Waals surface area contributed by atoms with Gasteiger partial charge in [0.2, 0.25) is 6.29 Å². The predicted molar refractivity (Wildman–Crippen MR) is 186 cm³/mol. The molecule has 6 aliphatic rings. The number of fused-ring (bicyclic) bond motifs is 3. The lowest BCUT2D eigenvalue weighted by Gasteiger charge is -2.47. The quantitative estimate of drug-likeness (QED) is 0.0508. The van der Waals surface area contributed by atoms with Crippen LogP contribution in [0.5, 0.6) is 5.75 Å². The van der Waals surface area contributed by atoms with E-state index in [2.05, 4.69) is 0 Å². The van der Waals surface area contributed by atoms with Gasteiger partial charge in [-0.2, -0.15) is 0 Å². The molecule has 0 radical (unpaired) electrons. The van der Waals surface area contributed by atoms with Crippen LogP contribution in [0, 0.1) is 11.8 Å². The normalized spacial score (nSPS) is 47.2. The molecule has 5 heterocycles. The van der Waals surface area contributed by atoms with Crippen molar-refractivity contribution in [3.8, 4) is 5.75 Å². The molecule has 0 aromatic heterocycles. The van der Waals surface area contributed by atoms with Crippen LogP contribution in [-0.2, 0) is 47.4 Å². The maximum absolute atomic E-state index is 13.2. The van der Waals surface area contributed by atoms with Gasteiger partial charge in [-0.25, -0.2) is 4.79 Å². The van der Waals surface area contributed by atoms with Crippen molar-refractivity contribution in [3.05, 3.63) is 48.2 Å². The number of carbonyl (C=O) groups excluding carboxylic acids is 1. The highest BCUT2D eigenvalue weighted by atomic mass is 16.8. The zero-order chi connectivity index (χ0) is 41.6. The van der Waals surface area contributed by atoms with Gasteiger partial charge in [0.05, 0.1) is 51.3 Å². The number of methoxy groups -OCH3 is 1. The van der Waals surface area contributed by atoms with E-state index in [9.17, 15) is 55.9 Å². The molecule has 1 saturated carbocycles. The van der Waals surface area contributed by atoms with E-state index in [4.69, 9.17) is 47.4 Å². The van der Waals surface area contributed by atoms with E-state index in [-0.39, 0.29) is 0 Å². The average molecular weight is 831 g/mol. The SMILES string of the molecule is COc1ccc(/C=C/C(=O)O[C@@H]2[C@@H](O[C@@H]3O[C@H](CO)[C@@H](O)[C@H](O)[C@H]3O)[C@@H](O)[C@H](O[C@H]3[C@H]4C=CO[C@@H](O[C@@H]5O[C@H](CO)[C@@H](O)[C@H](O)[C@H]5O)[C@@H]4[C@@]4(CO)O[C@@H]34)O[C@H]2C)cc1. The molecule has 0 spiro atoms. The lowest BCUT2D eigenvalue weighted by Crippen LogP contribution is -2.65. The maximum Gasteiger partial charge on any atom is 0.331 e. The van der Waals surface area contributed by atoms with Crippen LogP contribution < -0.4 is 4.74 Å². The second kappa shape index (κ2) is 17.6. The molecule has 0 bridgehead atoms. The van der Waals surface area contributed by atoms with Crippen LogP contribution in [0.15, 0.2) is 42.7 Å². The highest BCUT2D eigenvalue weighted by Crippen LogP contribution is 2.61. The first-order valence-electron chi connectivity index (χ1n) is 18.8. The van der Waals surface area contributed by atoms with Crippen LogP contribution >= 0.6 is 0 Å². The van der Waals surface area contributed by atoms with E-state index in [0.717, 1.165) is 6.08 Å². The van der Waals surface area contributed by atoms with E-state index >= 15 is 0 Å². The van der Waals surface area contributed by atoms with Crippen LogP contribution in [0.2, 0.25) is 0 Å². The third-order valence-corrected chi connectivity index (χ3v) is 11.6. The first-order chi connectivity index (χ1) is 27.8. The van der Waals surface area contributed by atoms with Gasteiger partial charge in [0.1, 0.15) is 78.5 Å². The zero-order valence-corrected chi connectivity index (χ0v) is 31.2. The summed E-state index contributed by atoms with van der Waals surface area (Å²) in [5.74, 6) is -1.80. The first-order valence-corrected chi connectivity index (χ1v) is 18.8. The number of hydrogen-bond donors (Lipinski definition) is 10. The van der Waals surface area contributed by atoms with Gasteiger partial charge in [0.15, 0.2) is 25.0 Å². The number of hydrogen-bond acceptors (Lipinski definition) is 21. The summed E-state index contributed by atoms with van der Waals surface area (Å²) in [7, 11) is 1.51. The minimum atomic E-state index is -1.89. The second-order valence-corrected chi connectivity index (χ2v) is 15.0. The molecule has 21 atom stereocenters. The summed E-state index contributed by atoms with van der Waals surface area (Å²) in [5.41, 5.74) is -0.697. The van der Waals surface area contributed by atoms with E-state index < -0.39 is 154 Å². The summed E-state index contributed by atoms with van der Waals surface area (Å²) >= 11 is 0. The van der Waals surface area contributed by atoms with Gasteiger partial charge in [-0.3, -0.25) is 0 Å². The van der Waals surface area contributed by atoms with E-state index in [0.29, 0.717) is 11.3 Å². The van der Waals surface area contributed by atoms with Gasteiger partial charge < -0.3 is 98.4 Å². The van der Waals surface area contributed by atoms with Crippen molar-refractivity contribution < 1.29 is 103 Å². The number of aliphatic hydroxyl groups excluding tert-OH is 10. The first kappa shape index (κ1) is 43.2. The number of carbonyl (C=O) groups is 1. The van der Waals surface area contributed by atoms with Crippen molar-refractivity contribution in [2.45, 2.75) is 123 Å². The summed E-state index contributed by atoms with van der Waals surface area (Å²) in [6, 6.07) is 6.78. The van der Waals surface area contributed by atoms with Crippen LogP contribution in [0.25, 0.3) is 6.08 Å². The summed E-state index contributed by atoms with van der Waals surface area (Å²) in [5, 5.41) is 105. The van der Waals surface area contributed by atoms with Gasteiger partial charge in [0, 0.05) is 12.0 Å². The Balaban J connectivity index is 1.10. The molecule has 1 aromatic rings. The van der Waals surface area contributed by atoms with Gasteiger partial charge in [-0.05, 0) is 36.8 Å². The number of ether oxygens (including phenoxy) is 10. The largest absolute Gasteiger partial charge is 0.497 e. The van der Waals surface area contributed by atoms with Crippen LogP contribution in [-0.4, -0.2) is 200 Å². The molecule has 0 unspecified atom stereocenters. The van der Waals surface area contributed by atoms with E-state index in [1.165, 1.54) is 26.4 Å². The van der Waals surface area contributed by atoms with Gasteiger partial charge in [-0.15, -0.1) is 0 Å². The molecule has 1 aliphatic carbocycles. The molecule has 21 heteroatoms. The summed E-state index contributed by atoms with van der Waals surface area (Å²) in [4.78, 5) is 13.2. The molecule has 5 aliphatic heterocycles. The van der Waals surface area contributed by atoms with Crippen LogP contribution in [0.3, 0.4) is 0 Å². The summed E-state index contributed by atoms with van der Waals surface area (Å²) < 4.78 is 58.0. The van der Waals surface area contributed by atoms with Crippen molar-refractivity contribution in [3.63, 3.8) is 0 Å². The molecule has 7 rings (SSSR count). The summed E-state index contributed by atoms with van der Waals surface area (Å²) in [6.07, 6.45) is -21.7. The van der Waals surface area contributed by atoms with Gasteiger partial charge in [-0.1, -0.05) is 12.1 Å². The molecule has 10 N–H and O–H groups in total. The number of epoxide rings is 1. The molecule has 0 amide bonds. The fourth-order valence-electron chi connectivity index (χ4n) is 8.27. The molecule has 4 saturated heterocycles. The lowest BCUT2D eigenvalue weighted by molar-refractivity contribution is -0.364. The number of rotatable bonds is 13. The predicted octanol–water partition coefficient (Wildman–Crippen LogP) is -4.64. The van der Waals surface area contributed by atoms with Gasteiger partial charge >= 0.3 is 5.97 Å². The summed E-state index contributed by atoms with van der Waals surface area (Å²) in [6.45, 7) is -0.527. The Morgan fingerprint density at radius 1 is 0.724 bits per heavy atom. The minimum absolute atomic E-state index is 0.556. The number of esters is 1. The lowest BCUT2D eigenvalue weighted by atomic mass is 9.85. The van der Waals surface area contributed by atoms with Gasteiger partial charge in [0.25, 0.3) is 0 Å². The van der Waals surface area contributed by atoms with Crippen LogP contribution in [0.1, 0.15) is 12.5 Å². The molecular formula is C37H50O21. The zero-order valence-electron chi connectivity index (χ0n) is 31.2. The highest BCUT2D eigenvalue weighted by Gasteiger charge is 2.77. The third kappa shape index (κ3) is 8.01. The standard InChI is InChI=1S/C37H50O21/c1-14-29(54-20(41)8-5-15-3-6-16(49-2)7-4-15)31(56-34-26(46)24(44)22(42)18(11-38)52-34)28(48)36(51-14)55-30-17-9-10-50-33(21(17)37(13-40)32(30)58-37)57-35-27(47)25(45)23(43)19(12-39)53-35/h3-10,14,17-19,21-36,38-40,42-48H,11-13H2,1-2H3/b8-5+/t14-,17-,18+,19+,21+,22+,23+,24-,25-,26+,27+,28+,29-,30-,31-,32-,33-,34-,35-,36-,37+/m0/s1. The van der Waals surface area contributed by atoms with Crippen molar-refractivity contribution in [1.29, 1.82) is 0 Å². The Morgan fingerprint density at radius 2 is 1.31 bits per heavy atom. The Morgan fingerprint density at radius 3 is 1.90 bits per heavy atom. The van der Waals surface area contributed by atoms with Crippen molar-refractivity contribution in [2.24, 2.45) is 11.8 Å². The Hall–Kier alpha value is -2.91. The van der Waals surface area contributed by atoms with E-state index in [1.54, 1.807) is 30.3 Å². The third-order valence-electron chi connectivity index (χ3n) is 11.6. The molecule has 21 nitrogen and oxygen atoms in total. The van der Waals surface area contributed by atoms with Crippen molar-refractivity contribution in [1.82, 2.24) is 0 Å². The Labute approximate surface area is 331 Å². The molecule has 324 valence electrons. The second-order valence-electron chi connectivity index (χ2n) is 15.0. The average Bonchev–Trinajstić information content (AvgIpc) is 3.90. The highest BCUT2D eigenvalue weighted by molar-refractivity contribution is 5.87. The fraction of sp³-hybridized carbons (Fsp3) is 0.703. The maximum atomic E-state index is 13.2. The van der Waals surface area contributed by atoms with Crippen LogP contribution in [0.4, 0.5) is 0 Å². The Bertz CT molecular complexity index is 1610. The smallest absolute Gasteiger partial charge is 0.331 e. The fourth-order valence-corrected chi connectivity index (χ4v) is 8.27. The minimum Gasteiger partial charge on any atom is -0.497 e.